The van der Waals surface area contributed by atoms with E-state index < -0.39 is 11.7 Å². The van der Waals surface area contributed by atoms with Crippen molar-refractivity contribution in [3.05, 3.63) is 78.0 Å². The second kappa shape index (κ2) is 9.60. The van der Waals surface area contributed by atoms with Crippen molar-refractivity contribution in [3.8, 4) is 11.5 Å². The molecule has 8 heteroatoms. The number of halogens is 1. The molecule has 7 nitrogen and oxygen atoms in total. The fourth-order valence-corrected chi connectivity index (χ4v) is 2.82. The number of hydrogen-bond donors (Lipinski definition) is 1. The van der Waals surface area contributed by atoms with E-state index in [4.69, 9.17) is 13.9 Å². The molecule has 0 saturated carbocycles. The van der Waals surface area contributed by atoms with Gasteiger partial charge in [-0.15, -0.1) is 0 Å². The number of rotatable bonds is 8. The monoisotopic (exact) mass is 412 g/mol. The molecule has 1 aromatic heterocycles. The Kier molecular flexibility index (Phi) is 6.69. The van der Waals surface area contributed by atoms with Gasteiger partial charge in [-0.25, -0.2) is 4.39 Å². The van der Waals surface area contributed by atoms with Crippen molar-refractivity contribution < 1.29 is 27.9 Å². The van der Waals surface area contributed by atoms with Crippen molar-refractivity contribution in [1.29, 1.82) is 0 Å². The maximum absolute atomic E-state index is 13.3. The lowest BCUT2D eigenvalue weighted by Gasteiger charge is -2.22. The van der Waals surface area contributed by atoms with Gasteiger partial charge >= 0.3 is 0 Å². The number of anilines is 1. The van der Waals surface area contributed by atoms with E-state index >= 15 is 0 Å². The predicted molar refractivity (Wildman–Crippen MR) is 109 cm³/mol. The molecule has 0 saturated heterocycles. The van der Waals surface area contributed by atoms with Crippen LogP contribution in [-0.4, -0.2) is 39.1 Å². The minimum Gasteiger partial charge on any atom is -0.497 e. The maximum atomic E-state index is 13.3. The Morgan fingerprint density at radius 3 is 2.27 bits per heavy atom. The number of carbonyl (C=O) groups is 2. The van der Waals surface area contributed by atoms with Gasteiger partial charge in [-0.3, -0.25) is 9.59 Å². The summed E-state index contributed by atoms with van der Waals surface area (Å²) in [6.45, 7) is 0.306. The molecular weight excluding hydrogens is 391 g/mol. The first-order valence-electron chi connectivity index (χ1n) is 9.14. The van der Waals surface area contributed by atoms with Crippen LogP contribution in [0, 0.1) is 5.82 Å². The molecule has 3 aromatic rings. The van der Waals surface area contributed by atoms with E-state index in [1.54, 1.807) is 30.3 Å². The lowest BCUT2D eigenvalue weighted by atomic mass is 10.2. The molecule has 0 aliphatic heterocycles. The Morgan fingerprint density at radius 2 is 1.70 bits per heavy atom. The summed E-state index contributed by atoms with van der Waals surface area (Å²) in [7, 11) is 2.99. The summed E-state index contributed by atoms with van der Waals surface area (Å²) >= 11 is 0. The van der Waals surface area contributed by atoms with Crippen LogP contribution < -0.4 is 19.7 Å². The third-order valence-electron chi connectivity index (χ3n) is 4.35. The van der Waals surface area contributed by atoms with E-state index in [0.29, 0.717) is 22.7 Å². The first-order chi connectivity index (χ1) is 14.5. The topological polar surface area (TPSA) is 81.0 Å². The van der Waals surface area contributed by atoms with Crippen LogP contribution in [0.4, 0.5) is 10.1 Å². The fourth-order valence-electron chi connectivity index (χ4n) is 2.82. The number of amides is 2. The largest absolute Gasteiger partial charge is 0.497 e. The van der Waals surface area contributed by atoms with E-state index in [0.717, 1.165) is 0 Å². The van der Waals surface area contributed by atoms with Crippen LogP contribution in [0.15, 0.2) is 65.3 Å². The fraction of sp³-hybridized carbons (Fsp3) is 0.182. The first kappa shape index (κ1) is 20.9. The molecule has 0 unspecified atom stereocenters. The standard InChI is InChI=1S/C22H21FN2O5/c1-28-18-12-15(13-19(14-18)29-2)21(26)24-9-10-25(17-7-5-16(23)6-8-17)22(27)20-4-3-11-30-20/h3-8,11-14H,9-10H2,1-2H3,(H,24,26). The highest BCUT2D eigenvalue weighted by atomic mass is 19.1. The molecule has 1 heterocycles. The van der Waals surface area contributed by atoms with Gasteiger partial charge in [0.2, 0.25) is 0 Å². The molecule has 2 aromatic carbocycles. The zero-order valence-electron chi connectivity index (χ0n) is 16.6. The van der Waals surface area contributed by atoms with Gasteiger partial charge in [0.25, 0.3) is 11.8 Å². The molecular formula is C22H21FN2O5. The number of nitrogens with zero attached hydrogens (tertiary/aromatic N) is 1. The third-order valence-corrected chi connectivity index (χ3v) is 4.35. The maximum Gasteiger partial charge on any atom is 0.294 e. The molecule has 3 rings (SSSR count). The van der Waals surface area contributed by atoms with E-state index in [2.05, 4.69) is 5.32 Å². The molecule has 1 N–H and O–H groups in total. The van der Waals surface area contributed by atoms with Gasteiger partial charge in [0.05, 0.1) is 20.5 Å². The summed E-state index contributed by atoms with van der Waals surface area (Å²) in [5, 5.41) is 2.76. The summed E-state index contributed by atoms with van der Waals surface area (Å²) < 4.78 is 28.8. The minimum absolute atomic E-state index is 0.142. The average Bonchev–Trinajstić information content (AvgIpc) is 3.31. The molecule has 156 valence electrons. The van der Waals surface area contributed by atoms with Gasteiger partial charge in [-0.2, -0.15) is 0 Å². The molecule has 0 bridgehead atoms. The number of ether oxygens (including phenoxy) is 2. The quantitative estimate of drug-likeness (QED) is 0.612. The van der Waals surface area contributed by atoms with Gasteiger partial charge in [-0.1, -0.05) is 0 Å². The van der Waals surface area contributed by atoms with E-state index in [-0.39, 0.29) is 24.8 Å². The number of nitrogens with one attached hydrogen (secondary N) is 1. The van der Waals surface area contributed by atoms with Crippen molar-refractivity contribution in [1.82, 2.24) is 5.32 Å². The lowest BCUT2D eigenvalue weighted by molar-refractivity contribution is 0.0934. The highest BCUT2D eigenvalue weighted by Gasteiger charge is 2.20. The van der Waals surface area contributed by atoms with Crippen molar-refractivity contribution in [3.63, 3.8) is 0 Å². The van der Waals surface area contributed by atoms with Crippen molar-refractivity contribution in [2.75, 3.05) is 32.2 Å². The summed E-state index contributed by atoms with van der Waals surface area (Å²) in [6.07, 6.45) is 1.40. The van der Waals surface area contributed by atoms with Gasteiger partial charge < -0.3 is 24.1 Å². The van der Waals surface area contributed by atoms with Crippen LogP contribution in [-0.2, 0) is 0 Å². The van der Waals surface area contributed by atoms with Crippen LogP contribution in [0.1, 0.15) is 20.9 Å². The second-order valence-electron chi connectivity index (χ2n) is 6.27. The Hall–Kier alpha value is -3.81. The molecule has 30 heavy (non-hydrogen) atoms. The molecule has 0 radical (unpaired) electrons. The van der Waals surface area contributed by atoms with Gasteiger partial charge in [0.1, 0.15) is 17.3 Å². The van der Waals surface area contributed by atoms with Crippen LogP contribution in [0.5, 0.6) is 11.5 Å². The Morgan fingerprint density at radius 1 is 1.03 bits per heavy atom. The molecule has 2 amide bonds. The van der Waals surface area contributed by atoms with Gasteiger partial charge in [0, 0.05) is 30.4 Å². The molecule has 0 fully saturated rings. The zero-order valence-corrected chi connectivity index (χ0v) is 16.6. The van der Waals surface area contributed by atoms with E-state index in [1.807, 2.05) is 0 Å². The van der Waals surface area contributed by atoms with Crippen LogP contribution >= 0.6 is 0 Å². The number of furan rings is 1. The second-order valence-corrected chi connectivity index (χ2v) is 6.27. The summed E-state index contributed by atoms with van der Waals surface area (Å²) in [4.78, 5) is 26.8. The first-order valence-corrected chi connectivity index (χ1v) is 9.14. The molecule has 0 atom stereocenters. The zero-order chi connectivity index (χ0) is 21.5. The number of methoxy groups -OCH3 is 2. The van der Waals surface area contributed by atoms with Gasteiger partial charge in [0.15, 0.2) is 5.76 Å². The Labute approximate surface area is 173 Å². The predicted octanol–water partition coefficient (Wildman–Crippen LogP) is 3.51. The van der Waals surface area contributed by atoms with Crippen molar-refractivity contribution in [2.45, 2.75) is 0 Å². The van der Waals surface area contributed by atoms with E-state index in [1.165, 1.54) is 49.6 Å². The number of benzene rings is 2. The summed E-state index contributed by atoms with van der Waals surface area (Å²) in [6, 6.07) is 13.5. The molecule has 0 aliphatic carbocycles. The number of carbonyl (C=O) groups excluding carboxylic acids is 2. The van der Waals surface area contributed by atoms with Crippen LogP contribution in [0.3, 0.4) is 0 Å². The van der Waals surface area contributed by atoms with E-state index in [9.17, 15) is 14.0 Å². The smallest absolute Gasteiger partial charge is 0.294 e. The minimum atomic E-state index is -0.413. The SMILES string of the molecule is COc1cc(OC)cc(C(=O)NCCN(C(=O)c2ccco2)c2ccc(F)cc2)c1. The highest BCUT2D eigenvalue weighted by Crippen LogP contribution is 2.22. The lowest BCUT2D eigenvalue weighted by Crippen LogP contribution is -2.38. The average molecular weight is 412 g/mol. The molecule has 0 aliphatic rings. The van der Waals surface area contributed by atoms with Crippen molar-refractivity contribution >= 4 is 17.5 Å². The van der Waals surface area contributed by atoms with Gasteiger partial charge in [-0.05, 0) is 48.5 Å². The normalized spacial score (nSPS) is 10.4. The Bertz CT molecular complexity index is 981. The highest BCUT2D eigenvalue weighted by molar-refractivity contribution is 6.04. The van der Waals surface area contributed by atoms with Crippen LogP contribution in [0.2, 0.25) is 0 Å². The Balaban J connectivity index is 1.72. The van der Waals surface area contributed by atoms with Crippen molar-refractivity contribution in [2.24, 2.45) is 0 Å². The molecule has 0 spiro atoms. The number of hydrogen-bond acceptors (Lipinski definition) is 5. The summed E-state index contributed by atoms with van der Waals surface area (Å²) in [5.74, 6) is -0.0471. The third kappa shape index (κ3) is 4.96. The summed E-state index contributed by atoms with van der Waals surface area (Å²) in [5.41, 5.74) is 0.840. The van der Waals surface area contributed by atoms with Crippen LogP contribution in [0.25, 0.3) is 0 Å².